The fourth-order valence-corrected chi connectivity index (χ4v) is 5.44. The number of hydrogen-bond donors (Lipinski definition) is 1. The summed E-state index contributed by atoms with van der Waals surface area (Å²) < 4.78 is 7.38. The molecule has 6 nitrogen and oxygen atoms in total. The number of hydrogen-bond acceptors (Lipinski definition) is 5. The number of nitrogens with zero attached hydrogens (tertiary/aromatic N) is 3. The first-order valence-electron chi connectivity index (χ1n) is 11.7. The summed E-state index contributed by atoms with van der Waals surface area (Å²) in [4.78, 5) is 12.9. The van der Waals surface area contributed by atoms with Crippen LogP contribution in [-0.4, -0.2) is 27.8 Å². The van der Waals surface area contributed by atoms with Crippen LogP contribution in [0.5, 0.6) is 5.75 Å². The Bertz CT molecular complexity index is 1140. The second kappa shape index (κ2) is 11.3. The molecule has 1 aliphatic carbocycles. The molecule has 1 fully saturated rings. The van der Waals surface area contributed by atoms with E-state index in [9.17, 15) is 4.79 Å². The maximum absolute atomic E-state index is 12.9. The molecule has 4 rings (SSSR count). The van der Waals surface area contributed by atoms with Gasteiger partial charge in [-0.1, -0.05) is 60.8 Å². The van der Waals surface area contributed by atoms with E-state index < -0.39 is 0 Å². The highest BCUT2D eigenvalue weighted by molar-refractivity contribution is 7.98. The van der Waals surface area contributed by atoms with Crippen LogP contribution in [0.2, 0.25) is 5.02 Å². The van der Waals surface area contributed by atoms with Crippen LogP contribution in [0.25, 0.3) is 5.69 Å². The molecule has 1 atom stereocenters. The molecule has 0 saturated heterocycles. The number of carbonyl (C=O) groups excluding carboxylic acids is 1. The van der Waals surface area contributed by atoms with Crippen molar-refractivity contribution in [2.75, 3.05) is 7.11 Å². The number of methoxy groups -OCH3 is 1. The summed E-state index contributed by atoms with van der Waals surface area (Å²) in [5.41, 5.74) is 3.10. The normalized spacial score (nSPS) is 15.2. The van der Waals surface area contributed by atoms with Crippen LogP contribution in [0.3, 0.4) is 0 Å². The number of carbonyl (C=O) groups is 1. The lowest BCUT2D eigenvalue weighted by atomic mass is 9.88. The topological polar surface area (TPSA) is 69.0 Å². The Morgan fingerprint density at radius 1 is 1.21 bits per heavy atom. The molecule has 2 aromatic carbocycles. The predicted octanol–water partition coefficient (Wildman–Crippen LogP) is 6.29. The van der Waals surface area contributed by atoms with Crippen molar-refractivity contribution in [3.05, 3.63) is 64.4 Å². The molecular formula is C26H31ClN4O2S. The zero-order chi connectivity index (χ0) is 24.1. The highest BCUT2D eigenvalue weighted by Gasteiger charge is 2.26. The predicted molar refractivity (Wildman–Crippen MR) is 137 cm³/mol. The molecule has 1 aliphatic rings. The maximum atomic E-state index is 12.9. The Balaban J connectivity index is 1.62. The zero-order valence-corrected chi connectivity index (χ0v) is 21.5. The number of halogens is 1. The molecule has 34 heavy (non-hydrogen) atoms. The molecule has 180 valence electrons. The minimum absolute atomic E-state index is 0.0855. The maximum Gasteiger partial charge on any atom is 0.223 e. The summed E-state index contributed by atoms with van der Waals surface area (Å²) in [6, 6.07) is 13.5. The molecule has 0 radical (unpaired) electrons. The van der Waals surface area contributed by atoms with E-state index in [2.05, 4.69) is 21.6 Å². The molecule has 1 unspecified atom stereocenters. The van der Waals surface area contributed by atoms with Gasteiger partial charge in [0.05, 0.1) is 18.8 Å². The van der Waals surface area contributed by atoms with Crippen molar-refractivity contribution >= 4 is 29.3 Å². The first kappa shape index (κ1) is 24.6. The number of ether oxygens (including phenoxy) is 1. The summed E-state index contributed by atoms with van der Waals surface area (Å²) in [6.45, 7) is 4.01. The number of aromatic nitrogens is 3. The highest BCUT2D eigenvalue weighted by Crippen LogP contribution is 2.31. The SMILES string of the molecule is COc1cccc(CSc2nnc(C(C)NC(=O)C3CCCCC3)n2-c2cc(Cl)ccc2C)c1. The Morgan fingerprint density at radius 3 is 2.76 bits per heavy atom. The van der Waals surface area contributed by atoms with E-state index in [0.29, 0.717) is 16.6 Å². The molecule has 1 saturated carbocycles. The highest BCUT2D eigenvalue weighted by atomic mass is 35.5. The summed E-state index contributed by atoms with van der Waals surface area (Å²) in [5.74, 6) is 2.42. The van der Waals surface area contributed by atoms with Crippen LogP contribution in [-0.2, 0) is 10.5 Å². The molecule has 3 aromatic rings. The van der Waals surface area contributed by atoms with Crippen molar-refractivity contribution in [3.63, 3.8) is 0 Å². The van der Waals surface area contributed by atoms with Gasteiger partial charge < -0.3 is 10.1 Å². The van der Waals surface area contributed by atoms with Crippen LogP contribution < -0.4 is 10.1 Å². The summed E-state index contributed by atoms with van der Waals surface area (Å²) in [6.07, 6.45) is 5.38. The van der Waals surface area contributed by atoms with Gasteiger partial charge in [0.25, 0.3) is 0 Å². The minimum atomic E-state index is -0.286. The number of thioether (sulfide) groups is 1. The van der Waals surface area contributed by atoms with Gasteiger partial charge in [0, 0.05) is 16.7 Å². The first-order chi connectivity index (χ1) is 16.5. The third-order valence-corrected chi connectivity index (χ3v) is 7.53. The van der Waals surface area contributed by atoms with E-state index in [0.717, 1.165) is 53.4 Å². The third-order valence-electron chi connectivity index (χ3n) is 6.29. The molecule has 0 bridgehead atoms. The Kier molecular flexibility index (Phi) is 8.16. The standard InChI is InChI=1S/C26H31ClN4O2S/c1-17-12-13-21(27)15-23(17)31-24(18(2)28-25(32)20-9-5-4-6-10-20)29-30-26(31)34-16-19-8-7-11-22(14-19)33-3/h7-8,11-15,18,20H,4-6,9-10,16H2,1-3H3,(H,28,32). The van der Waals surface area contributed by atoms with Gasteiger partial charge in [-0.25, -0.2) is 0 Å². The Labute approximate surface area is 210 Å². The lowest BCUT2D eigenvalue weighted by molar-refractivity contribution is -0.126. The van der Waals surface area contributed by atoms with Gasteiger partial charge in [0.1, 0.15) is 5.75 Å². The number of amides is 1. The van der Waals surface area contributed by atoms with Crippen molar-refractivity contribution in [1.29, 1.82) is 0 Å². The lowest BCUT2D eigenvalue weighted by Crippen LogP contribution is -2.34. The molecule has 1 aromatic heterocycles. The Hall–Kier alpha value is -2.51. The molecule has 1 N–H and O–H groups in total. The number of aryl methyl sites for hydroxylation is 1. The van der Waals surface area contributed by atoms with Crippen molar-refractivity contribution in [1.82, 2.24) is 20.1 Å². The molecule has 0 aliphatic heterocycles. The minimum Gasteiger partial charge on any atom is -0.497 e. The zero-order valence-electron chi connectivity index (χ0n) is 19.9. The fourth-order valence-electron chi connectivity index (χ4n) is 4.38. The second-order valence-corrected chi connectivity index (χ2v) is 10.2. The molecule has 0 spiro atoms. The smallest absolute Gasteiger partial charge is 0.223 e. The van der Waals surface area contributed by atoms with Crippen molar-refractivity contribution in [2.45, 2.75) is 62.9 Å². The third kappa shape index (κ3) is 5.76. The van der Waals surface area contributed by atoms with Crippen molar-refractivity contribution < 1.29 is 9.53 Å². The van der Waals surface area contributed by atoms with Gasteiger partial charge in [-0.2, -0.15) is 0 Å². The quantitative estimate of drug-likeness (QED) is 0.370. The van der Waals surface area contributed by atoms with E-state index >= 15 is 0 Å². The number of nitrogens with one attached hydrogen (secondary N) is 1. The number of benzene rings is 2. The van der Waals surface area contributed by atoms with Gasteiger partial charge in [0.2, 0.25) is 5.91 Å². The van der Waals surface area contributed by atoms with Gasteiger partial charge in [-0.3, -0.25) is 9.36 Å². The molecule has 1 amide bonds. The molecule has 8 heteroatoms. The second-order valence-electron chi connectivity index (χ2n) is 8.81. The van der Waals surface area contributed by atoms with Crippen LogP contribution >= 0.6 is 23.4 Å². The van der Waals surface area contributed by atoms with Gasteiger partial charge in [-0.15, -0.1) is 10.2 Å². The summed E-state index contributed by atoms with van der Waals surface area (Å²) in [7, 11) is 1.67. The van der Waals surface area contributed by atoms with Crippen LogP contribution in [0.1, 0.15) is 62.0 Å². The Morgan fingerprint density at radius 2 is 2.00 bits per heavy atom. The van der Waals surface area contributed by atoms with Crippen molar-refractivity contribution in [3.8, 4) is 11.4 Å². The molecular weight excluding hydrogens is 468 g/mol. The van der Waals surface area contributed by atoms with Crippen LogP contribution in [0.4, 0.5) is 0 Å². The van der Waals surface area contributed by atoms with E-state index in [1.807, 2.05) is 54.8 Å². The van der Waals surface area contributed by atoms with Crippen LogP contribution in [0, 0.1) is 12.8 Å². The average Bonchev–Trinajstić information content (AvgIpc) is 3.28. The molecule has 1 heterocycles. The van der Waals surface area contributed by atoms with Gasteiger partial charge in [0.15, 0.2) is 11.0 Å². The van der Waals surface area contributed by atoms with Gasteiger partial charge in [-0.05, 0) is 62.1 Å². The number of rotatable bonds is 8. The first-order valence-corrected chi connectivity index (χ1v) is 13.1. The lowest BCUT2D eigenvalue weighted by Gasteiger charge is -2.23. The van der Waals surface area contributed by atoms with E-state index in [1.54, 1.807) is 18.9 Å². The summed E-state index contributed by atoms with van der Waals surface area (Å²) >= 11 is 7.96. The van der Waals surface area contributed by atoms with Gasteiger partial charge >= 0.3 is 0 Å². The monoisotopic (exact) mass is 498 g/mol. The fraction of sp³-hybridized carbons (Fsp3) is 0.423. The summed E-state index contributed by atoms with van der Waals surface area (Å²) in [5, 5.41) is 13.6. The average molecular weight is 499 g/mol. The van der Waals surface area contributed by atoms with E-state index in [-0.39, 0.29) is 17.9 Å². The van der Waals surface area contributed by atoms with E-state index in [4.69, 9.17) is 16.3 Å². The largest absolute Gasteiger partial charge is 0.497 e. The van der Waals surface area contributed by atoms with E-state index in [1.165, 1.54) is 6.42 Å². The van der Waals surface area contributed by atoms with Crippen LogP contribution in [0.15, 0.2) is 47.6 Å². The van der Waals surface area contributed by atoms with Crippen molar-refractivity contribution in [2.24, 2.45) is 5.92 Å².